The first-order valence-electron chi connectivity index (χ1n) is 12.2. The number of hydrogen-bond donors (Lipinski definition) is 3. The molecule has 1 aromatic carbocycles. The predicted octanol–water partition coefficient (Wildman–Crippen LogP) is 3.39. The largest absolute Gasteiger partial charge is 0.361 e. The second-order valence-corrected chi connectivity index (χ2v) is 9.43. The third-order valence-electron chi connectivity index (χ3n) is 7.41. The standard InChI is InChI=1S/C26H33N5O2.HI/c1-3-27-26(29-12-10-19-15-30-23-16(2)6-4-7-20(19)23)28-11-5-13-31-24(32)21-17-8-9-18(14-17)22(21)25(31)33;/h4,6-9,15,17-18,21-22,30H,3,5,10-14H2,1-2H3,(H2,27,28,29);1H. The fraction of sp³-hybridized carbons (Fsp3) is 0.500. The number of aryl methyl sites for hydroxylation is 1. The molecule has 4 unspecified atom stereocenters. The average Bonchev–Trinajstić information content (AvgIpc) is 3.57. The van der Waals surface area contributed by atoms with Crippen molar-refractivity contribution in [2.75, 3.05) is 26.2 Å². The van der Waals surface area contributed by atoms with Gasteiger partial charge >= 0.3 is 0 Å². The van der Waals surface area contributed by atoms with Crippen LogP contribution in [0, 0.1) is 30.6 Å². The number of likely N-dealkylation sites (tertiary alicyclic amines) is 1. The topological polar surface area (TPSA) is 89.6 Å². The summed E-state index contributed by atoms with van der Waals surface area (Å²) in [6.07, 6.45) is 8.90. The van der Waals surface area contributed by atoms with Crippen LogP contribution in [0.5, 0.6) is 0 Å². The van der Waals surface area contributed by atoms with Crippen LogP contribution in [-0.2, 0) is 16.0 Å². The van der Waals surface area contributed by atoms with Gasteiger partial charge < -0.3 is 15.6 Å². The van der Waals surface area contributed by atoms with Crippen molar-refractivity contribution in [3.63, 3.8) is 0 Å². The minimum Gasteiger partial charge on any atom is -0.361 e. The number of aromatic amines is 1. The number of aliphatic imine (C=N–C) groups is 1. The van der Waals surface area contributed by atoms with E-state index in [1.165, 1.54) is 26.9 Å². The van der Waals surface area contributed by atoms with Crippen molar-refractivity contribution in [2.45, 2.75) is 33.1 Å². The molecule has 1 saturated heterocycles. The number of H-pyrrole nitrogens is 1. The lowest BCUT2D eigenvalue weighted by molar-refractivity contribution is -0.140. The first-order chi connectivity index (χ1) is 16.1. The quantitative estimate of drug-likeness (QED) is 0.113. The number of allylic oxidation sites excluding steroid dienone is 2. The van der Waals surface area contributed by atoms with Crippen LogP contribution in [0.25, 0.3) is 10.9 Å². The van der Waals surface area contributed by atoms with Crippen molar-refractivity contribution in [3.8, 4) is 0 Å². The van der Waals surface area contributed by atoms with E-state index >= 15 is 0 Å². The third-order valence-corrected chi connectivity index (χ3v) is 7.41. The molecule has 3 N–H and O–H groups in total. The molecule has 4 atom stereocenters. The number of carbonyl (C=O) groups is 2. The molecule has 1 aliphatic heterocycles. The number of para-hydroxylation sites is 1. The number of fused-ring (bicyclic) bond motifs is 6. The number of aromatic nitrogens is 1. The number of imide groups is 1. The van der Waals surface area contributed by atoms with Crippen molar-refractivity contribution in [1.82, 2.24) is 20.5 Å². The molecule has 7 nitrogen and oxygen atoms in total. The summed E-state index contributed by atoms with van der Waals surface area (Å²) in [5.41, 5.74) is 3.74. The molecule has 2 bridgehead atoms. The summed E-state index contributed by atoms with van der Waals surface area (Å²) < 4.78 is 0. The van der Waals surface area contributed by atoms with Crippen molar-refractivity contribution in [3.05, 3.63) is 47.7 Å². The molecule has 2 aromatic rings. The van der Waals surface area contributed by atoms with E-state index in [9.17, 15) is 9.59 Å². The van der Waals surface area contributed by atoms with E-state index in [-0.39, 0.29) is 59.5 Å². The van der Waals surface area contributed by atoms with Crippen LogP contribution in [-0.4, -0.2) is 53.8 Å². The van der Waals surface area contributed by atoms with E-state index in [1.54, 1.807) is 0 Å². The van der Waals surface area contributed by atoms with Crippen LogP contribution in [0.15, 0.2) is 41.5 Å². The van der Waals surface area contributed by atoms with E-state index in [0.717, 1.165) is 31.9 Å². The summed E-state index contributed by atoms with van der Waals surface area (Å²) in [7, 11) is 0. The summed E-state index contributed by atoms with van der Waals surface area (Å²) in [4.78, 5) is 35.1. The van der Waals surface area contributed by atoms with Crippen LogP contribution in [0.2, 0.25) is 0 Å². The van der Waals surface area contributed by atoms with Gasteiger partial charge in [-0.25, -0.2) is 0 Å². The highest BCUT2D eigenvalue weighted by Crippen LogP contribution is 2.52. The molecular formula is C26H34IN5O2. The van der Waals surface area contributed by atoms with Crippen molar-refractivity contribution < 1.29 is 9.59 Å². The van der Waals surface area contributed by atoms with Gasteiger partial charge in [0.25, 0.3) is 0 Å². The molecule has 1 saturated carbocycles. The lowest BCUT2D eigenvalue weighted by atomic mass is 9.85. The first-order valence-corrected chi connectivity index (χ1v) is 12.2. The molecule has 34 heavy (non-hydrogen) atoms. The molecule has 1 aromatic heterocycles. The Hall–Kier alpha value is -2.36. The maximum atomic E-state index is 12.8. The summed E-state index contributed by atoms with van der Waals surface area (Å²) in [6.45, 7) is 6.74. The Kier molecular flexibility index (Phi) is 7.64. The zero-order valence-corrected chi connectivity index (χ0v) is 22.2. The Morgan fingerprint density at radius 2 is 1.88 bits per heavy atom. The van der Waals surface area contributed by atoms with Gasteiger partial charge in [-0.3, -0.25) is 19.5 Å². The Morgan fingerprint density at radius 1 is 1.15 bits per heavy atom. The maximum Gasteiger partial charge on any atom is 0.233 e. The van der Waals surface area contributed by atoms with Gasteiger partial charge in [-0.1, -0.05) is 30.4 Å². The monoisotopic (exact) mass is 575 g/mol. The smallest absolute Gasteiger partial charge is 0.233 e. The van der Waals surface area contributed by atoms with Gasteiger partial charge in [0.1, 0.15) is 0 Å². The highest BCUT2D eigenvalue weighted by Gasteiger charge is 2.58. The number of rotatable bonds is 8. The molecule has 5 rings (SSSR count). The summed E-state index contributed by atoms with van der Waals surface area (Å²) >= 11 is 0. The van der Waals surface area contributed by atoms with Gasteiger partial charge in [0.2, 0.25) is 11.8 Å². The molecular weight excluding hydrogens is 541 g/mol. The van der Waals surface area contributed by atoms with Crippen LogP contribution >= 0.6 is 24.0 Å². The lowest BCUT2D eigenvalue weighted by Gasteiger charge is -2.17. The molecule has 2 amide bonds. The van der Waals surface area contributed by atoms with Crippen molar-refractivity contribution >= 4 is 52.7 Å². The normalized spacial score (nSPS) is 25.2. The van der Waals surface area contributed by atoms with Crippen LogP contribution in [0.3, 0.4) is 0 Å². The molecule has 0 radical (unpaired) electrons. The molecule has 2 aliphatic carbocycles. The predicted molar refractivity (Wildman–Crippen MR) is 145 cm³/mol. The highest BCUT2D eigenvalue weighted by molar-refractivity contribution is 14.0. The van der Waals surface area contributed by atoms with Gasteiger partial charge in [-0.2, -0.15) is 0 Å². The maximum absolute atomic E-state index is 12.8. The minimum atomic E-state index is -0.108. The number of guanidine groups is 1. The number of nitrogens with zero attached hydrogens (tertiary/aromatic N) is 2. The SMILES string of the molecule is CCNC(=NCCCN1C(=O)C2C3C=CC(C3)C2C1=O)NCCc1c[nH]c2c(C)cccc12.I. The molecule has 182 valence electrons. The number of nitrogens with one attached hydrogen (secondary N) is 3. The van der Waals surface area contributed by atoms with Crippen LogP contribution in [0.1, 0.15) is 30.9 Å². The first kappa shape index (κ1) is 24.8. The number of halogens is 1. The summed E-state index contributed by atoms with van der Waals surface area (Å²) in [5.74, 6) is 1.16. The zero-order chi connectivity index (χ0) is 22.9. The zero-order valence-electron chi connectivity index (χ0n) is 19.8. The number of carbonyl (C=O) groups excluding carboxylic acids is 2. The van der Waals surface area contributed by atoms with E-state index < -0.39 is 0 Å². The molecule has 2 heterocycles. The van der Waals surface area contributed by atoms with Gasteiger partial charge in [-0.15, -0.1) is 24.0 Å². The summed E-state index contributed by atoms with van der Waals surface area (Å²) in [6, 6.07) is 6.37. The molecule has 0 spiro atoms. The fourth-order valence-electron chi connectivity index (χ4n) is 5.83. The lowest BCUT2D eigenvalue weighted by Crippen LogP contribution is -2.38. The van der Waals surface area contributed by atoms with E-state index in [1.807, 2.05) is 6.92 Å². The van der Waals surface area contributed by atoms with E-state index in [2.05, 4.69) is 64.1 Å². The van der Waals surface area contributed by atoms with Gasteiger partial charge in [0, 0.05) is 43.3 Å². The number of hydrogen-bond acceptors (Lipinski definition) is 3. The Bertz CT molecular complexity index is 1090. The van der Waals surface area contributed by atoms with Gasteiger partial charge in [0.15, 0.2) is 5.96 Å². The second kappa shape index (κ2) is 10.5. The Balaban J connectivity index is 0.00000274. The molecule has 2 fully saturated rings. The van der Waals surface area contributed by atoms with E-state index in [4.69, 9.17) is 0 Å². The average molecular weight is 575 g/mol. The summed E-state index contributed by atoms with van der Waals surface area (Å²) in [5, 5.41) is 7.96. The van der Waals surface area contributed by atoms with E-state index in [0.29, 0.717) is 19.5 Å². The third kappa shape index (κ3) is 4.48. The minimum absolute atomic E-state index is 0. The number of benzene rings is 1. The highest BCUT2D eigenvalue weighted by atomic mass is 127. The van der Waals surface area contributed by atoms with Crippen molar-refractivity contribution in [2.24, 2.45) is 28.7 Å². The van der Waals surface area contributed by atoms with Crippen LogP contribution in [0.4, 0.5) is 0 Å². The van der Waals surface area contributed by atoms with Gasteiger partial charge in [-0.05, 0) is 56.1 Å². The fourth-order valence-corrected chi connectivity index (χ4v) is 5.83. The number of amides is 2. The Morgan fingerprint density at radius 3 is 2.59 bits per heavy atom. The van der Waals surface area contributed by atoms with Gasteiger partial charge in [0.05, 0.1) is 11.8 Å². The molecule has 8 heteroatoms. The molecule has 3 aliphatic rings. The Labute approximate surface area is 217 Å². The van der Waals surface area contributed by atoms with Crippen LogP contribution < -0.4 is 10.6 Å². The second-order valence-electron chi connectivity index (χ2n) is 9.43. The van der Waals surface area contributed by atoms with Crippen molar-refractivity contribution in [1.29, 1.82) is 0 Å².